The molecule has 0 radical (unpaired) electrons. The van der Waals surface area contributed by atoms with Gasteiger partial charge in [-0.15, -0.1) is 0 Å². The SMILES string of the molecule is CCCCOC(=O)CC1C(=O)NCCN1CC(=O)Nc1cccc(OC(C)CC)c1. The molecule has 0 spiro atoms. The van der Waals surface area contributed by atoms with Gasteiger partial charge >= 0.3 is 5.97 Å². The van der Waals surface area contributed by atoms with Crippen molar-refractivity contribution in [1.29, 1.82) is 0 Å². The van der Waals surface area contributed by atoms with Crippen molar-refractivity contribution in [3.8, 4) is 5.75 Å². The van der Waals surface area contributed by atoms with E-state index in [2.05, 4.69) is 10.6 Å². The third-order valence-electron chi connectivity index (χ3n) is 4.94. The third kappa shape index (κ3) is 7.67. The molecule has 1 fully saturated rings. The van der Waals surface area contributed by atoms with Crippen LogP contribution in [0.3, 0.4) is 0 Å². The summed E-state index contributed by atoms with van der Waals surface area (Å²) in [5.74, 6) is -0.252. The van der Waals surface area contributed by atoms with Crippen LogP contribution < -0.4 is 15.4 Å². The van der Waals surface area contributed by atoms with Gasteiger partial charge in [0.25, 0.3) is 0 Å². The van der Waals surface area contributed by atoms with E-state index in [9.17, 15) is 14.4 Å². The molecule has 2 unspecified atom stereocenters. The molecule has 2 N–H and O–H groups in total. The summed E-state index contributed by atoms with van der Waals surface area (Å²) in [4.78, 5) is 38.6. The van der Waals surface area contributed by atoms with Crippen molar-refractivity contribution in [2.24, 2.45) is 0 Å². The lowest BCUT2D eigenvalue weighted by atomic mass is 10.1. The molecule has 1 saturated heterocycles. The number of esters is 1. The summed E-state index contributed by atoms with van der Waals surface area (Å²) in [5, 5.41) is 5.60. The fraction of sp³-hybridized carbons (Fsp3) is 0.591. The molecule has 1 aliphatic rings. The van der Waals surface area contributed by atoms with Gasteiger partial charge in [-0.3, -0.25) is 19.3 Å². The monoisotopic (exact) mass is 419 g/mol. The van der Waals surface area contributed by atoms with Gasteiger partial charge in [0.15, 0.2) is 0 Å². The molecule has 2 atom stereocenters. The lowest BCUT2D eigenvalue weighted by molar-refractivity contribution is -0.149. The van der Waals surface area contributed by atoms with Crippen molar-refractivity contribution in [3.05, 3.63) is 24.3 Å². The number of piperazine rings is 1. The standard InChI is InChI=1S/C22H33N3O5/c1-4-6-12-29-21(27)14-19-22(28)23-10-11-25(19)15-20(26)24-17-8-7-9-18(13-17)30-16(3)5-2/h7-9,13,16,19H,4-6,10-12,14-15H2,1-3H3,(H,23,28)(H,24,26). The fourth-order valence-electron chi connectivity index (χ4n) is 3.07. The van der Waals surface area contributed by atoms with Crippen LogP contribution in [0.25, 0.3) is 0 Å². The zero-order valence-electron chi connectivity index (χ0n) is 18.1. The molecule has 1 heterocycles. The minimum atomic E-state index is -0.710. The Morgan fingerprint density at radius 2 is 2.13 bits per heavy atom. The highest BCUT2D eigenvalue weighted by atomic mass is 16.5. The van der Waals surface area contributed by atoms with E-state index < -0.39 is 12.0 Å². The van der Waals surface area contributed by atoms with Gasteiger partial charge in [-0.1, -0.05) is 26.3 Å². The zero-order chi connectivity index (χ0) is 21.9. The second-order valence-electron chi connectivity index (χ2n) is 7.47. The molecule has 1 aromatic carbocycles. The van der Waals surface area contributed by atoms with Crippen LogP contribution in [-0.2, 0) is 19.1 Å². The van der Waals surface area contributed by atoms with E-state index in [0.717, 1.165) is 19.3 Å². The van der Waals surface area contributed by atoms with E-state index in [-0.39, 0.29) is 30.9 Å². The first-order chi connectivity index (χ1) is 14.4. The van der Waals surface area contributed by atoms with Gasteiger partial charge in [0.05, 0.1) is 25.7 Å². The molecule has 30 heavy (non-hydrogen) atoms. The Balaban J connectivity index is 1.93. The molecule has 1 aliphatic heterocycles. The number of nitrogens with one attached hydrogen (secondary N) is 2. The normalized spacial score (nSPS) is 17.7. The number of unbranched alkanes of at least 4 members (excludes halogenated alkanes) is 1. The third-order valence-corrected chi connectivity index (χ3v) is 4.94. The topological polar surface area (TPSA) is 97.0 Å². The van der Waals surface area contributed by atoms with Gasteiger partial charge in [0, 0.05) is 24.8 Å². The minimum Gasteiger partial charge on any atom is -0.491 e. The van der Waals surface area contributed by atoms with Gasteiger partial charge in [-0.05, 0) is 31.9 Å². The van der Waals surface area contributed by atoms with E-state index in [1.54, 1.807) is 17.0 Å². The fourth-order valence-corrected chi connectivity index (χ4v) is 3.07. The van der Waals surface area contributed by atoms with E-state index in [0.29, 0.717) is 31.1 Å². The van der Waals surface area contributed by atoms with Crippen LogP contribution in [-0.4, -0.2) is 61.1 Å². The Bertz CT molecular complexity index is 724. The second-order valence-corrected chi connectivity index (χ2v) is 7.47. The van der Waals surface area contributed by atoms with Gasteiger partial charge in [0.1, 0.15) is 11.8 Å². The van der Waals surface area contributed by atoms with Crippen LogP contribution in [0.1, 0.15) is 46.5 Å². The largest absolute Gasteiger partial charge is 0.491 e. The predicted octanol–water partition coefficient (Wildman–Crippen LogP) is 2.34. The Morgan fingerprint density at radius 1 is 1.33 bits per heavy atom. The number of hydrogen-bond acceptors (Lipinski definition) is 6. The van der Waals surface area contributed by atoms with Crippen LogP contribution in [0.5, 0.6) is 5.75 Å². The lowest BCUT2D eigenvalue weighted by Gasteiger charge is -2.33. The number of nitrogens with zero attached hydrogens (tertiary/aromatic N) is 1. The molecule has 8 nitrogen and oxygen atoms in total. The molecule has 0 bridgehead atoms. The maximum atomic E-state index is 12.6. The molecule has 0 aliphatic carbocycles. The molecular formula is C22H33N3O5. The number of carbonyl (C=O) groups excluding carboxylic acids is 3. The lowest BCUT2D eigenvalue weighted by Crippen LogP contribution is -2.57. The Kier molecular flexibility index (Phi) is 9.60. The number of benzene rings is 1. The minimum absolute atomic E-state index is 0.0107. The summed E-state index contributed by atoms with van der Waals surface area (Å²) >= 11 is 0. The summed E-state index contributed by atoms with van der Waals surface area (Å²) in [6.07, 6.45) is 2.61. The summed E-state index contributed by atoms with van der Waals surface area (Å²) < 4.78 is 11.0. The van der Waals surface area contributed by atoms with Gasteiger partial charge in [-0.2, -0.15) is 0 Å². The summed E-state index contributed by atoms with van der Waals surface area (Å²) in [6.45, 7) is 7.32. The summed E-state index contributed by atoms with van der Waals surface area (Å²) in [6, 6.07) is 6.51. The summed E-state index contributed by atoms with van der Waals surface area (Å²) in [7, 11) is 0. The average molecular weight is 420 g/mol. The predicted molar refractivity (Wildman–Crippen MR) is 114 cm³/mol. The highest BCUT2D eigenvalue weighted by Crippen LogP contribution is 2.19. The Morgan fingerprint density at radius 3 is 2.87 bits per heavy atom. The van der Waals surface area contributed by atoms with Crippen molar-refractivity contribution < 1.29 is 23.9 Å². The van der Waals surface area contributed by atoms with Crippen LogP contribution in [0.2, 0.25) is 0 Å². The van der Waals surface area contributed by atoms with Crippen molar-refractivity contribution in [3.63, 3.8) is 0 Å². The molecule has 1 aromatic rings. The van der Waals surface area contributed by atoms with Crippen molar-refractivity contribution in [1.82, 2.24) is 10.2 Å². The van der Waals surface area contributed by atoms with E-state index >= 15 is 0 Å². The van der Waals surface area contributed by atoms with Crippen LogP contribution in [0, 0.1) is 0 Å². The molecule has 2 rings (SSSR count). The molecule has 8 heteroatoms. The molecule has 166 valence electrons. The molecule has 0 aromatic heterocycles. The number of carbonyl (C=O) groups is 3. The number of ether oxygens (including phenoxy) is 2. The first-order valence-electron chi connectivity index (χ1n) is 10.7. The highest BCUT2D eigenvalue weighted by Gasteiger charge is 2.33. The van der Waals surface area contributed by atoms with E-state index in [1.165, 1.54) is 0 Å². The van der Waals surface area contributed by atoms with Crippen molar-refractivity contribution >= 4 is 23.5 Å². The number of amides is 2. The first-order valence-corrected chi connectivity index (χ1v) is 10.7. The summed E-state index contributed by atoms with van der Waals surface area (Å²) in [5.41, 5.74) is 0.623. The van der Waals surface area contributed by atoms with Crippen LogP contribution in [0.15, 0.2) is 24.3 Å². The quantitative estimate of drug-likeness (QED) is 0.422. The Hall–Kier alpha value is -2.61. The number of rotatable bonds is 11. The van der Waals surface area contributed by atoms with Gasteiger partial charge in [0.2, 0.25) is 11.8 Å². The average Bonchev–Trinajstić information content (AvgIpc) is 2.71. The van der Waals surface area contributed by atoms with Crippen molar-refractivity contribution in [2.75, 3.05) is 31.6 Å². The maximum absolute atomic E-state index is 12.6. The first kappa shape index (κ1) is 23.7. The van der Waals surface area contributed by atoms with Gasteiger partial charge in [-0.25, -0.2) is 0 Å². The zero-order valence-corrected chi connectivity index (χ0v) is 18.1. The van der Waals surface area contributed by atoms with Crippen LogP contribution in [0.4, 0.5) is 5.69 Å². The molecular weight excluding hydrogens is 386 g/mol. The smallest absolute Gasteiger partial charge is 0.307 e. The highest BCUT2D eigenvalue weighted by molar-refractivity contribution is 5.93. The molecule has 2 amide bonds. The van der Waals surface area contributed by atoms with Crippen molar-refractivity contribution in [2.45, 2.75) is 58.6 Å². The molecule has 0 saturated carbocycles. The number of anilines is 1. The van der Waals surface area contributed by atoms with Crippen LogP contribution >= 0.6 is 0 Å². The second kappa shape index (κ2) is 12.2. The number of hydrogen-bond donors (Lipinski definition) is 2. The van der Waals surface area contributed by atoms with E-state index in [4.69, 9.17) is 9.47 Å². The maximum Gasteiger partial charge on any atom is 0.307 e. The van der Waals surface area contributed by atoms with Gasteiger partial charge < -0.3 is 20.1 Å². The Labute approximate surface area is 178 Å². The van der Waals surface area contributed by atoms with E-state index in [1.807, 2.05) is 32.9 Å².